The standard InChI is InChI=1S/C18H27N5/c1-20-5-9-22(10-6-20)17-13-16(3-4-19)14-18(15-17)23-11-7-21(2)8-12-23/h13-15H,3,5-12H2,1-2H3. The number of nitrogens with zero attached hydrogens (tertiary/aromatic N) is 5. The van der Waals surface area contributed by atoms with Gasteiger partial charge in [0, 0.05) is 63.7 Å². The second-order valence-electron chi connectivity index (χ2n) is 6.77. The fourth-order valence-corrected chi connectivity index (χ4v) is 3.34. The molecular weight excluding hydrogens is 286 g/mol. The van der Waals surface area contributed by atoms with Gasteiger partial charge in [-0.25, -0.2) is 0 Å². The predicted octanol–water partition coefficient (Wildman–Crippen LogP) is 1.26. The number of rotatable bonds is 3. The minimum Gasteiger partial charge on any atom is -0.369 e. The van der Waals surface area contributed by atoms with Gasteiger partial charge in [-0.3, -0.25) is 0 Å². The molecule has 1 aromatic carbocycles. The summed E-state index contributed by atoms with van der Waals surface area (Å²) in [6, 6.07) is 9.03. The van der Waals surface area contributed by atoms with E-state index in [-0.39, 0.29) is 0 Å². The average Bonchev–Trinajstić information content (AvgIpc) is 2.56. The zero-order chi connectivity index (χ0) is 16.2. The first kappa shape index (κ1) is 16.1. The van der Waals surface area contributed by atoms with Gasteiger partial charge in [-0.2, -0.15) is 5.26 Å². The Labute approximate surface area is 139 Å². The molecule has 3 rings (SSSR count). The summed E-state index contributed by atoms with van der Waals surface area (Å²) in [7, 11) is 4.36. The van der Waals surface area contributed by atoms with Gasteiger partial charge in [0.15, 0.2) is 0 Å². The first-order chi connectivity index (χ1) is 11.2. The first-order valence-corrected chi connectivity index (χ1v) is 8.53. The molecule has 2 aliphatic heterocycles. The van der Waals surface area contributed by atoms with Crippen molar-refractivity contribution in [1.82, 2.24) is 9.80 Å². The van der Waals surface area contributed by atoms with Gasteiger partial charge >= 0.3 is 0 Å². The fourth-order valence-electron chi connectivity index (χ4n) is 3.34. The Morgan fingerprint density at radius 1 is 0.783 bits per heavy atom. The zero-order valence-electron chi connectivity index (χ0n) is 14.3. The lowest BCUT2D eigenvalue weighted by atomic mass is 10.1. The molecule has 0 atom stereocenters. The second-order valence-corrected chi connectivity index (χ2v) is 6.77. The van der Waals surface area contributed by atoms with E-state index in [4.69, 9.17) is 5.26 Å². The van der Waals surface area contributed by atoms with Gasteiger partial charge in [0.05, 0.1) is 12.5 Å². The minimum atomic E-state index is 0.488. The Hall–Kier alpha value is -1.77. The van der Waals surface area contributed by atoms with Crippen LogP contribution >= 0.6 is 0 Å². The Morgan fingerprint density at radius 3 is 1.61 bits per heavy atom. The van der Waals surface area contributed by atoms with Crippen molar-refractivity contribution >= 4 is 11.4 Å². The highest BCUT2D eigenvalue weighted by atomic mass is 15.3. The molecule has 2 heterocycles. The van der Waals surface area contributed by atoms with Crippen molar-refractivity contribution in [1.29, 1.82) is 5.26 Å². The summed E-state index contributed by atoms with van der Waals surface area (Å²) in [5.74, 6) is 0. The topological polar surface area (TPSA) is 36.8 Å². The average molecular weight is 313 g/mol. The zero-order valence-corrected chi connectivity index (χ0v) is 14.3. The summed E-state index contributed by atoms with van der Waals surface area (Å²) < 4.78 is 0. The Bertz CT molecular complexity index is 523. The maximum atomic E-state index is 9.10. The number of likely N-dealkylation sites (N-methyl/N-ethyl adjacent to an activating group) is 2. The molecule has 0 bridgehead atoms. The van der Waals surface area contributed by atoms with Crippen LogP contribution in [0.3, 0.4) is 0 Å². The van der Waals surface area contributed by atoms with Crippen LogP contribution in [0.2, 0.25) is 0 Å². The smallest absolute Gasteiger partial charge is 0.0669 e. The number of benzene rings is 1. The fraction of sp³-hybridized carbons (Fsp3) is 0.611. The van der Waals surface area contributed by atoms with E-state index >= 15 is 0 Å². The number of nitriles is 1. The third kappa shape index (κ3) is 3.95. The molecule has 0 N–H and O–H groups in total. The molecule has 0 aliphatic carbocycles. The minimum absolute atomic E-state index is 0.488. The molecule has 0 unspecified atom stereocenters. The molecule has 2 aliphatic rings. The Kier molecular flexibility index (Phi) is 5.04. The Morgan fingerprint density at radius 2 is 1.22 bits per heavy atom. The van der Waals surface area contributed by atoms with Gasteiger partial charge in [-0.15, -0.1) is 0 Å². The maximum Gasteiger partial charge on any atom is 0.0669 e. The third-order valence-corrected chi connectivity index (χ3v) is 4.98. The van der Waals surface area contributed by atoms with Crippen LogP contribution < -0.4 is 9.80 Å². The van der Waals surface area contributed by atoms with Gasteiger partial charge in [0.1, 0.15) is 0 Å². The molecule has 0 radical (unpaired) electrons. The first-order valence-electron chi connectivity index (χ1n) is 8.53. The number of hydrogen-bond donors (Lipinski definition) is 0. The third-order valence-electron chi connectivity index (χ3n) is 4.98. The second kappa shape index (κ2) is 7.20. The van der Waals surface area contributed by atoms with Crippen molar-refractivity contribution in [3.8, 4) is 6.07 Å². The SMILES string of the molecule is CN1CCN(c2cc(CC#N)cc(N3CCN(C)CC3)c2)CC1. The lowest BCUT2D eigenvalue weighted by molar-refractivity contribution is 0.311. The molecule has 23 heavy (non-hydrogen) atoms. The summed E-state index contributed by atoms with van der Waals surface area (Å²) in [5.41, 5.74) is 3.69. The molecule has 5 nitrogen and oxygen atoms in total. The summed E-state index contributed by atoms with van der Waals surface area (Å²) in [5, 5.41) is 9.10. The van der Waals surface area contributed by atoms with E-state index in [1.165, 1.54) is 11.4 Å². The highest BCUT2D eigenvalue weighted by molar-refractivity contribution is 5.62. The molecule has 0 spiro atoms. The van der Waals surface area contributed by atoms with Gasteiger partial charge in [0.2, 0.25) is 0 Å². The number of anilines is 2. The normalized spacial score (nSPS) is 20.6. The lowest BCUT2D eigenvalue weighted by Gasteiger charge is -2.37. The van der Waals surface area contributed by atoms with Crippen LogP contribution in [0.5, 0.6) is 0 Å². The summed E-state index contributed by atoms with van der Waals surface area (Å²) in [4.78, 5) is 9.66. The summed E-state index contributed by atoms with van der Waals surface area (Å²) >= 11 is 0. The van der Waals surface area contributed by atoms with E-state index in [9.17, 15) is 0 Å². The number of hydrogen-bond acceptors (Lipinski definition) is 5. The number of piperazine rings is 2. The highest BCUT2D eigenvalue weighted by Gasteiger charge is 2.19. The van der Waals surface area contributed by atoms with Gasteiger partial charge < -0.3 is 19.6 Å². The molecular formula is C18H27N5. The van der Waals surface area contributed by atoms with Crippen molar-refractivity contribution in [2.45, 2.75) is 6.42 Å². The van der Waals surface area contributed by atoms with Crippen molar-refractivity contribution < 1.29 is 0 Å². The molecule has 5 heteroatoms. The van der Waals surface area contributed by atoms with Crippen LogP contribution in [-0.4, -0.2) is 76.3 Å². The summed E-state index contributed by atoms with van der Waals surface area (Å²) in [6.07, 6.45) is 0.488. The van der Waals surface area contributed by atoms with E-state index in [1.54, 1.807) is 0 Å². The maximum absolute atomic E-state index is 9.10. The molecule has 0 aromatic heterocycles. The van der Waals surface area contributed by atoms with Crippen LogP contribution in [0.4, 0.5) is 11.4 Å². The van der Waals surface area contributed by atoms with Crippen LogP contribution in [0.25, 0.3) is 0 Å². The van der Waals surface area contributed by atoms with E-state index in [1.807, 2.05) is 0 Å². The van der Waals surface area contributed by atoms with E-state index in [2.05, 4.69) is 58.0 Å². The van der Waals surface area contributed by atoms with Gasteiger partial charge in [-0.1, -0.05) is 0 Å². The molecule has 2 fully saturated rings. The van der Waals surface area contributed by atoms with E-state index in [0.29, 0.717) is 6.42 Å². The highest BCUT2D eigenvalue weighted by Crippen LogP contribution is 2.27. The predicted molar refractivity (Wildman–Crippen MR) is 95.2 cm³/mol. The van der Waals surface area contributed by atoms with Crippen molar-refractivity contribution in [2.75, 3.05) is 76.3 Å². The molecule has 124 valence electrons. The van der Waals surface area contributed by atoms with Crippen molar-refractivity contribution in [2.24, 2.45) is 0 Å². The van der Waals surface area contributed by atoms with E-state index in [0.717, 1.165) is 57.9 Å². The van der Waals surface area contributed by atoms with Gasteiger partial charge in [-0.05, 0) is 37.9 Å². The van der Waals surface area contributed by atoms with Crippen LogP contribution in [0, 0.1) is 11.3 Å². The van der Waals surface area contributed by atoms with Crippen LogP contribution in [0.15, 0.2) is 18.2 Å². The largest absolute Gasteiger partial charge is 0.369 e. The van der Waals surface area contributed by atoms with Gasteiger partial charge in [0.25, 0.3) is 0 Å². The lowest BCUT2D eigenvalue weighted by Crippen LogP contribution is -2.45. The molecule has 1 aromatic rings. The molecule has 0 amide bonds. The summed E-state index contributed by atoms with van der Waals surface area (Å²) in [6.45, 7) is 8.67. The molecule has 2 saturated heterocycles. The van der Waals surface area contributed by atoms with Crippen LogP contribution in [0.1, 0.15) is 5.56 Å². The van der Waals surface area contributed by atoms with E-state index < -0.39 is 0 Å². The Balaban J connectivity index is 1.83. The van der Waals surface area contributed by atoms with Crippen LogP contribution in [-0.2, 0) is 6.42 Å². The molecule has 0 saturated carbocycles. The van der Waals surface area contributed by atoms with Crippen molar-refractivity contribution in [3.63, 3.8) is 0 Å². The monoisotopic (exact) mass is 313 g/mol. The quantitative estimate of drug-likeness (QED) is 0.840. The van der Waals surface area contributed by atoms with Crippen molar-refractivity contribution in [3.05, 3.63) is 23.8 Å².